The zero-order valence-electron chi connectivity index (χ0n) is 51.4. The van der Waals surface area contributed by atoms with Gasteiger partial charge < -0.3 is 39.0 Å². The van der Waals surface area contributed by atoms with Crippen LogP contribution in [0.5, 0.6) is 0 Å². The number of carbonyl (C=O) groups excluding carboxylic acids is 3. The third-order valence-corrected chi connectivity index (χ3v) is 15.8. The first-order valence-corrected chi connectivity index (χ1v) is 33.7. The molecule has 6 unspecified atom stereocenters. The van der Waals surface area contributed by atoms with E-state index in [1.54, 1.807) is 0 Å². The summed E-state index contributed by atoms with van der Waals surface area (Å²) in [5, 5.41) is 31.6. The van der Waals surface area contributed by atoms with E-state index in [0.29, 0.717) is 19.3 Å². The van der Waals surface area contributed by atoms with E-state index in [1.807, 2.05) is 0 Å². The molecule has 12 nitrogen and oxygen atoms in total. The topological polar surface area (TPSA) is 175 Å². The van der Waals surface area contributed by atoms with Gasteiger partial charge in [-0.25, -0.2) is 4.79 Å². The summed E-state index contributed by atoms with van der Waals surface area (Å²) in [4.78, 5) is 51.3. The lowest BCUT2D eigenvalue weighted by atomic mass is 9.98. The number of ether oxygens (including phenoxy) is 5. The maximum atomic E-state index is 13.2. The fourth-order valence-corrected chi connectivity index (χ4v) is 10.7. The first-order chi connectivity index (χ1) is 38.6. The Morgan fingerprint density at radius 1 is 0.405 bits per heavy atom. The second-order valence-corrected chi connectivity index (χ2v) is 23.5. The number of carbonyl (C=O) groups is 4. The minimum atomic E-state index is -1.90. The van der Waals surface area contributed by atoms with Crippen molar-refractivity contribution in [2.45, 2.75) is 379 Å². The second-order valence-electron chi connectivity index (χ2n) is 23.5. The van der Waals surface area contributed by atoms with Gasteiger partial charge >= 0.3 is 23.9 Å². The third-order valence-electron chi connectivity index (χ3n) is 15.8. The lowest BCUT2D eigenvalue weighted by molar-refractivity contribution is -0.301. The number of hydrogen-bond donors (Lipinski definition) is 3. The Bertz CT molecular complexity index is 1420. The number of aliphatic hydroxyl groups is 2. The van der Waals surface area contributed by atoms with Gasteiger partial charge in [-0.1, -0.05) is 290 Å². The lowest BCUT2D eigenvalue weighted by Crippen LogP contribution is -2.61. The van der Waals surface area contributed by atoms with E-state index in [-0.39, 0.29) is 25.9 Å². The molecule has 0 saturated carbocycles. The number of esters is 3. The summed E-state index contributed by atoms with van der Waals surface area (Å²) in [6, 6.07) is 0. The monoisotopic (exact) mass is 1120 g/mol. The van der Waals surface area contributed by atoms with Crippen molar-refractivity contribution in [2.24, 2.45) is 0 Å². The van der Waals surface area contributed by atoms with Crippen LogP contribution in [0.2, 0.25) is 0 Å². The lowest BCUT2D eigenvalue weighted by Gasteiger charge is -2.40. The smallest absolute Gasteiger partial charge is 0.335 e. The van der Waals surface area contributed by atoms with Crippen LogP contribution in [0.15, 0.2) is 12.2 Å². The zero-order chi connectivity index (χ0) is 57.5. The maximum Gasteiger partial charge on any atom is 0.335 e. The van der Waals surface area contributed by atoms with Crippen LogP contribution in [-0.4, -0.2) is 89.2 Å². The van der Waals surface area contributed by atoms with E-state index in [0.717, 1.165) is 57.8 Å². The Balaban J connectivity index is 2.58. The molecule has 1 saturated heterocycles. The molecule has 0 aromatic rings. The molecule has 0 spiro atoms. The van der Waals surface area contributed by atoms with Gasteiger partial charge in [0.25, 0.3) is 0 Å². The third kappa shape index (κ3) is 45.6. The SMILES string of the molecule is CCCCCCCC/C=C\CCCCCCCCCCCC(=O)OCC(COC1OC(C(=O)O)C(O)C(O)C1OC(=O)CCCCCCCCCCCCCCCCCCCCC)OC(=O)CCCCCCCCCCCCC. The van der Waals surface area contributed by atoms with E-state index in [2.05, 4.69) is 32.9 Å². The van der Waals surface area contributed by atoms with Crippen molar-refractivity contribution < 1.29 is 58.2 Å². The molecule has 0 amide bonds. The van der Waals surface area contributed by atoms with Crippen molar-refractivity contribution in [2.75, 3.05) is 13.2 Å². The van der Waals surface area contributed by atoms with Crippen molar-refractivity contribution in [1.82, 2.24) is 0 Å². The molecule has 6 atom stereocenters. The predicted molar refractivity (Wildman–Crippen MR) is 322 cm³/mol. The molecule has 79 heavy (non-hydrogen) atoms. The van der Waals surface area contributed by atoms with Crippen LogP contribution in [0, 0.1) is 0 Å². The summed E-state index contributed by atoms with van der Waals surface area (Å²) in [5.74, 6) is -3.07. The van der Waals surface area contributed by atoms with Crippen molar-refractivity contribution >= 4 is 23.9 Å². The molecule has 12 heteroatoms. The highest BCUT2D eigenvalue weighted by Gasteiger charge is 2.50. The van der Waals surface area contributed by atoms with Gasteiger partial charge in [0.05, 0.1) is 6.61 Å². The number of carboxylic acid groups (broad SMARTS) is 1. The number of hydrogen-bond acceptors (Lipinski definition) is 11. The van der Waals surface area contributed by atoms with E-state index < -0.39 is 67.3 Å². The van der Waals surface area contributed by atoms with Crippen molar-refractivity contribution in [3.63, 3.8) is 0 Å². The number of aliphatic hydroxyl groups excluding tert-OH is 2. The van der Waals surface area contributed by atoms with Gasteiger partial charge in [0, 0.05) is 19.3 Å². The number of allylic oxidation sites excluding steroid dienone is 2. The minimum absolute atomic E-state index is 0.0696. The summed E-state index contributed by atoms with van der Waals surface area (Å²) < 4.78 is 28.6. The molecule has 3 N–H and O–H groups in total. The van der Waals surface area contributed by atoms with Gasteiger partial charge in [-0.3, -0.25) is 14.4 Å². The molecule has 0 radical (unpaired) electrons. The molecule has 0 bridgehead atoms. The highest BCUT2D eigenvalue weighted by molar-refractivity contribution is 5.74. The maximum absolute atomic E-state index is 13.2. The Morgan fingerprint density at radius 3 is 1.08 bits per heavy atom. The van der Waals surface area contributed by atoms with Crippen LogP contribution in [-0.2, 0) is 42.9 Å². The molecule has 1 aliphatic heterocycles. The normalized spacial score (nSPS) is 17.8. The average Bonchev–Trinajstić information content (AvgIpc) is 3.48. The standard InChI is InChI=1S/C67H124O12/c1-4-7-10-13-16-19-22-24-26-28-30-32-34-36-39-41-44-47-50-53-59(68)75-56-58(77-60(69)54-51-48-45-42-38-21-18-15-12-9-6-3)57-76-67-65(63(72)62(71)64(79-67)66(73)74)78-61(70)55-52-49-46-43-40-37-35-33-31-29-27-25-23-20-17-14-11-8-5-2/h24,26,58,62-65,67,71-72H,4-23,25,27-57H2,1-3H3,(H,73,74)/b26-24-. The van der Waals surface area contributed by atoms with Gasteiger partial charge in [-0.15, -0.1) is 0 Å². The quantitative estimate of drug-likeness (QED) is 0.0228. The molecule has 1 heterocycles. The Kier molecular flexibility index (Phi) is 52.8. The molecule has 0 aliphatic carbocycles. The van der Waals surface area contributed by atoms with Crippen LogP contribution >= 0.6 is 0 Å². The van der Waals surface area contributed by atoms with E-state index in [4.69, 9.17) is 23.7 Å². The molecule has 1 aliphatic rings. The van der Waals surface area contributed by atoms with Crippen LogP contribution in [0.1, 0.15) is 342 Å². The highest BCUT2D eigenvalue weighted by Crippen LogP contribution is 2.27. The molecule has 0 aromatic heterocycles. The number of aliphatic carboxylic acids is 1. The van der Waals surface area contributed by atoms with Crippen molar-refractivity contribution in [3.05, 3.63) is 12.2 Å². The zero-order valence-corrected chi connectivity index (χ0v) is 51.4. The molecule has 0 aromatic carbocycles. The van der Waals surface area contributed by atoms with Gasteiger partial charge in [0.1, 0.15) is 18.8 Å². The van der Waals surface area contributed by atoms with Crippen LogP contribution in [0.4, 0.5) is 0 Å². The summed E-state index contributed by atoms with van der Waals surface area (Å²) in [7, 11) is 0. The number of rotatable bonds is 59. The molecular weight excluding hydrogens is 997 g/mol. The highest BCUT2D eigenvalue weighted by atomic mass is 16.7. The molecular formula is C67H124O12. The number of carboxylic acids is 1. The Labute approximate surface area is 484 Å². The second kappa shape index (κ2) is 56.0. The van der Waals surface area contributed by atoms with E-state index in [1.165, 1.54) is 225 Å². The fourth-order valence-electron chi connectivity index (χ4n) is 10.7. The number of unbranched alkanes of at least 4 members (excludes halogenated alkanes) is 43. The van der Waals surface area contributed by atoms with Crippen molar-refractivity contribution in [3.8, 4) is 0 Å². The van der Waals surface area contributed by atoms with Gasteiger partial charge in [0.2, 0.25) is 0 Å². The van der Waals surface area contributed by atoms with Gasteiger partial charge in [-0.05, 0) is 44.9 Å². The molecule has 1 rings (SSSR count). The summed E-state index contributed by atoms with van der Waals surface area (Å²) in [6.07, 6.45) is 51.8. The van der Waals surface area contributed by atoms with E-state index >= 15 is 0 Å². The molecule has 1 fully saturated rings. The Morgan fingerprint density at radius 2 is 0.722 bits per heavy atom. The van der Waals surface area contributed by atoms with Gasteiger partial charge in [0.15, 0.2) is 24.6 Å². The molecule has 464 valence electrons. The minimum Gasteiger partial charge on any atom is -0.479 e. The first-order valence-electron chi connectivity index (χ1n) is 33.7. The Hall–Kier alpha value is -2.54. The van der Waals surface area contributed by atoms with Crippen molar-refractivity contribution in [1.29, 1.82) is 0 Å². The average molecular weight is 1120 g/mol. The van der Waals surface area contributed by atoms with Gasteiger partial charge in [-0.2, -0.15) is 0 Å². The summed E-state index contributed by atoms with van der Waals surface area (Å²) in [5.41, 5.74) is 0. The van der Waals surface area contributed by atoms with Crippen LogP contribution < -0.4 is 0 Å². The predicted octanol–water partition coefficient (Wildman–Crippen LogP) is 18.0. The van der Waals surface area contributed by atoms with Crippen LogP contribution in [0.25, 0.3) is 0 Å². The fraction of sp³-hybridized carbons (Fsp3) is 0.910. The summed E-state index contributed by atoms with van der Waals surface area (Å²) >= 11 is 0. The first kappa shape index (κ1) is 74.5. The van der Waals surface area contributed by atoms with E-state index in [9.17, 15) is 34.5 Å². The van der Waals surface area contributed by atoms with Crippen LogP contribution in [0.3, 0.4) is 0 Å². The summed E-state index contributed by atoms with van der Waals surface area (Å²) in [6.45, 7) is 6.05. The largest absolute Gasteiger partial charge is 0.479 e.